The number of nitrogen functional groups attached to an aromatic ring is 1. The highest BCUT2D eigenvalue weighted by molar-refractivity contribution is 7.71. The molecule has 0 aliphatic carbocycles. The lowest BCUT2D eigenvalue weighted by Gasteiger charge is -2.20. The zero-order valence-corrected chi connectivity index (χ0v) is 14.5. The van der Waals surface area contributed by atoms with Crippen molar-refractivity contribution < 1.29 is 33.8 Å². The van der Waals surface area contributed by atoms with Crippen molar-refractivity contribution in [3.8, 4) is 0 Å². The molecule has 0 amide bonds. The molecule has 1 aliphatic rings. The SMILES string of the molecule is Cn1c(N)nc2c(ncn2[C@@H]2O[C@H](CO)[C@@H](OP(=O)(O)O)[C@H]2O)c1=S. The first-order valence-electron chi connectivity index (χ1n) is 7.01. The number of rotatable bonds is 4. The molecule has 3 heterocycles. The first kappa shape index (κ1) is 18.4. The summed E-state index contributed by atoms with van der Waals surface area (Å²) >= 11 is 5.24. The van der Waals surface area contributed by atoms with Crippen molar-refractivity contribution in [1.29, 1.82) is 0 Å². The lowest BCUT2D eigenvalue weighted by atomic mass is 10.1. The maximum atomic E-state index is 11.1. The fourth-order valence-electron chi connectivity index (χ4n) is 2.63. The van der Waals surface area contributed by atoms with Crippen LogP contribution in [-0.2, 0) is 20.9 Å². The second-order valence-corrected chi connectivity index (χ2v) is 7.04. The average Bonchev–Trinajstić information content (AvgIpc) is 3.06. The molecule has 138 valence electrons. The molecule has 25 heavy (non-hydrogen) atoms. The van der Waals surface area contributed by atoms with Crippen molar-refractivity contribution >= 4 is 37.2 Å². The van der Waals surface area contributed by atoms with Gasteiger partial charge in [0.25, 0.3) is 0 Å². The summed E-state index contributed by atoms with van der Waals surface area (Å²) in [5.74, 6) is 0.105. The smallest absolute Gasteiger partial charge is 0.394 e. The van der Waals surface area contributed by atoms with Gasteiger partial charge in [0.05, 0.1) is 12.9 Å². The van der Waals surface area contributed by atoms with Crippen LogP contribution in [0.25, 0.3) is 11.2 Å². The fourth-order valence-corrected chi connectivity index (χ4v) is 3.45. The second kappa shape index (κ2) is 6.37. The highest BCUT2D eigenvalue weighted by Gasteiger charge is 2.48. The molecule has 4 atom stereocenters. The van der Waals surface area contributed by atoms with Gasteiger partial charge in [-0.25, -0.2) is 9.55 Å². The van der Waals surface area contributed by atoms with Crippen LogP contribution in [0.2, 0.25) is 0 Å². The maximum absolute atomic E-state index is 11.1. The van der Waals surface area contributed by atoms with Gasteiger partial charge in [-0.15, -0.1) is 0 Å². The Morgan fingerprint density at radius 2 is 2.20 bits per heavy atom. The van der Waals surface area contributed by atoms with E-state index in [2.05, 4.69) is 14.5 Å². The number of hydrogen-bond acceptors (Lipinski definition) is 9. The van der Waals surface area contributed by atoms with Crippen LogP contribution in [0.3, 0.4) is 0 Å². The largest absolute Gasteiger partial charge is 0.470 e. The molecule has 0 radical (unpaired) electrons. The van der Waals surface area contributed by atoms with Gasteiger partial charge in [-0.1, -0.05) is 12.2 Å². The molecular weight excluding hydrogens is 377 g/mol. The molecule has 6 N–H and O–H groups in total. The molecule has 3 rings (SSSR count). The Morgan fingerprint density at radius 1 is 1.52 bits per heavy atom. The summed E-state index contributed by atoms with van der Waals surface area (Å²) in [6.07, 6.45) is -3.98. The van der Waals surface area contributed by atoms with Gasteiger partial charge in [0.15, 0.2) is 11.9 Å². The maximum Gasteiger partial charge on any atom is 0.470 e. The van der Waals surface area contributed by atoms with E-state index >= 15 is 0 Å². The Hall–Kier alpha value is -1.44. The van der Waals surface area contributed by atoms with Gasteiger partial charge in [-0.3, -0.25) is 9.09 Å². The predicted molar refractivity (Wildman–Crippen MR) is 85.7 cm³/mol. The van der Waals surface area contributed by atoms with E-state index in [0.717, 1.165) is 0 Å². The third kappa shape index (κ3) is 3.20. The van der Waals surface area contributed by atoms with E-state index in [4.69, 9.17) is 32.5 Å². The Kier molecular flexibility index (Phi) is 4.68. The number of ether oxygens (including phenoxy) is 1. The van der Waals surface area contributed by atoms with Crippen molar-refractivity contribution in [1.82, 2.24) is 19.1 Å². The minimum atomic E-state index is -4.91. The zero-order valence-electron chi connectivity index (χ0n) is 12.8. The second-order valence-electron chi connectivity index (χ2n) is 5.46. The van der Waals surface area contributed by atoms with Crippen LogP contribution in [0.15, 0.2) is 6.33 Å². The minimum absolute atomic E-state index is 0.105. The number of imidazole rings is 1. The lowest BCUT2D eigenvalue weighted by Crippen LogP contribution is -2.35. The Labute approximate surface area is 145 Å². The topological polar surface area (TPSA) is 178 Å². The third-order valence-corrected chi connectivity index (χ3v) is 4.85. The van der Waals surface area contributed by atoms with Crippen LogP contribution in [0.4, 0.5) is 5.95 Å². The average molecular weight is 393 g/mol. The Bertz CT molecular complexity index is 910. The first-order valence-corrected chi connectivity index (χ1v) is 8.95. The van der Waals surface area contributed by atoms with Crippen molar-refractivity contribution in [3.05, 3.63) is 11.0 Å². The fraction of sp³-hybridized carbons (Fsp3) is 0.545. The molecule has 1 aliphatic heterocycles. The predicted octanol–water partition coefficient (Wildman–Crippen LogP) is -1.19. The number of aromatic nitrogens is 4. The molecule has 1 fully saturated rings. The number of anilines is 1. The van der Waals surface area contributed by atoms with Gasteiger partial charge in [0.1, 0.15) is 28.5 Å². The van der Waals surface area contributed by atoms with Crippen LogP contribution < -0.4 is 5.73 Å². The van der Waals surface area contributed by atoms with Crippen LogP contribution in [-0.4, -0.2) is 64.0 Å². The molecule has 0 unspecified atom stereocenters. The number of phosphoric ester groups is 1. The molecule has 0 aromatic carbocycles. The van der Waals surface area contributed by atoms with E-state index in [1.165, 1.54) is 15.5 Å². The van der Waals surface area contributed by atoms with E-state index in [-0.39, 0.29) is 11.6 Å². The summed E-state index contributed by atoms with van der Waals surface area (Å²) in [6.45, 7) is -0.623. The van der Waals surface area contributed by atoms with Crippen LogP contribution >= 0.6 is 20.0 Å². The summed E-state index contributed by atoms with van der Waals surface area (Å²) in [5, 5.41) is 19.7. The van der Waals surface area contributed by atoms with E-state index in [9.17, 15) is 14.8 Å². The first-order chi connectivity index (χ1) is 11.6. The van der Waals surface area contributed by atoms with Crippen LogP contribution in [0.1, 0.15) is 6.23 Å². The van der Waals surface area contributed by atoms with Gasteiger partial charge >= 0.3 is 7.82 Å². The number of phosphoric acid groups is 1. The highest BCUT2D eigenvalue weighted by Crippen LogP contribution is 2.44. The molecular formula is C11H16N5O7PS. The summed E-state index contributed by atoms with van der Waals surface area (Å²) < 4.78 is 24.2. The van der Waals surface area contributed by atoms with Gasteiger partial charge in [-0.05, 0) is 0 Å². The molecule has 1 saturated heterocycles. The molecule has 2 aromatic heterocycles. The third-order valence-electron chi connectivity index (χ3n) is 3.86. The van der Waals surface area contributed by atoms with Gasteiger partial charge in [0, 0.05) is 7.05 Å². The van der Waals surface area contributed by atoms with Crippen molar-refractivity contribution in [3.63, 3.8) is 0 Å². The zero-order chi connectivity index (χ0) is 18.5. The lowest BCUT2D eigenvalue weighted by molar-refractivity contribution is -0.0509. The van der Waals surface area contributed by atoms with Crippen LogP contribution in [0, 0.1) is 4.64 Å². The normalized spacial score (nSPS) is 27.2. The minimum Gasteiger partial charge on any atom is -0.394 e. The molecule has 2 aromatic rings. The van der Waals surface area contributed by atoms with E-state index in [0.29, 0.717) is 10.2 Å². The summed E-state index contributed by atoms with van der Waals surface area (Å²) in [5.41, 5.74) is 6.34. The summed E-state index contributed by atoms with van der Waals surface area (Å²) in [6, 6.07) is 0. The van der Waals surface area contributed by atoms with Gasteiger partial charge in [0.2, 0.25) is 5.95 Å². The monoisotopic (exact) mass is 393 g/mol. The number of nitrogens with two attached hydrogens (primary N) is 1. The molecule has 14 heteroatoms. The molecule has 0 saturated carbocycles. The van der Waals surface area contributed by atoms with Crippen molar-refractivity contribution in [2.75, 3.05) is 12.3 Å². The van der Waals surface area contributed by atoms with E-state index in [1.54, 1.807) is 7.05 Å². The molecule has 0 bridgehead atoms. The Balaban J connectivity index is 2.04. The molecule has 12 nitrogen and oxygen atoms in total. The number of nitrogens with zero attached hydrogens (tertiary/aromatic N) is 4. The standard InChI is InChI=1S/C11H16N5O7PS/c1-15-10(25)5-8(14-11(15)12)16(3-13-5)9-6(18)7(4(2-17)22-9)23-24(19,20)21/h3-4,6-7,9,17-18H,2H2,1H3,(H2,12,14)(H2,19,20,21)/t4-,6-,7-,9-/m1/s1. The summed E-state index contributed by atoms with van der Waals surface area (Å²) in [7, 11) is -3.29. The number of aliphatic hydroxyl groups is 2. The quantitative estimate of drug-likeness (QED) is 0.311. The van der Waals surface area contributed by atoms with E-state index < -0.39 is 39.0 Å². The van der Waals surface area contributed by atoms with Crippen molar-refractivity contribution in [2.45, 2.75) is 24.5 Å². The number of aliphatic hydroxyl groups excluding tert-OH is 2. The van der Waals surface area contributed by atoms with Gasteiger partial charge < -0.3 is 35.0 Å². The molecule has 0 spiro atoms. The van der Waals surface area contributed by atoms with E-state index in [1.807, 2.05) is 0 Å². The van der Waals surface area contributed by atoms with Gasteiger partial charge in [-0.2, -0.15) is 4.98 Å². The number of hydrogen-bond donors (Lipinski definition) is 5. The Morgan fingerprint density at radius 3 is 2.80 bits per heavy atom. The van der Waals surface area contributed by atoms with Crippen LogP contribution in [0.5, 0.6) is 0 Å². The summed E-state index contributed by atoms with van der Waals surface area (Å²) in [4.78, 5) is 26.2. The highest BCUT2D eigenvalue weighted by atomic mass is 32.1. The van der Waals surface area contributed by atoms with Crippen molar-refractivity contribution in [2.24, 2.45) is 7.05 Å². The number of fused-ring (bicyclic) bond motifs is 1.